The molecule has 0 radical (unpaired) electrons. The zero-order valence-electron chi connectivity index (χ0n) is 14.8. The summed E-state index contributed by atoms with van der Waals surface area (Å²) in [4.78, 5) is 23.7. The molecule has 0 fully saturated rings. The molecule has 1 aromatic heterocycles. The van der Waals surface area contributed by atoms with Gasteiger partial charge in [0.2, 0.25) is 0 Å². The Balaban J connectivity index is 1.67. The van der Waals surface area contributed by atoms with Crippen molar-refractivity contribution in [3.05, 3.63) is 76.8 Å². The maximum atomic E-state index is 13.6. The molecule has 2 aromatic carbocycles. The van der Waals surface area contributed by atoms with E-state index in [0.717, 1.165) is 5.56 Å². The quantitative estimate of drug-likeness (QED) is 0.752. The van der Waals surface area contributed by atoms with Gasteiger partial charge >= 0.3 is 0 Å². The summed E-state index contributed by atoms with van der Waals surface area (Å²) in [5, 5.41) is 6.90. The molecule has 0 aliphatic heterocycles. The number of nitrogens with one attached hydrogen (secondary N) is 1. The largest absolute Gasteiger partial charge is 0.478 e. The Kier molecular flexibility index (Phi) is 5.30. The van der Waals surface area contributed by atoms with Gasteiger partial charge in [-0.05, 0) is 37.3 Å². The minimum Gasteiger partial charge on any atom is -0.478 e. The number of carbonyl (C=O) groups excluding carboxylic acids is 1. The van der Waals surface area contributed by atoms with E-state index >= 15 is 0 Å². The van der Waals surface area contributed by atoms with Crippen LogP contribution in [0, 0.1) is 5.82 Å². The van der Waals surface area contributed by atoms with E-state index in [4.69, 9.17) is 4.74 Å². The fourth-order valence-corrected chi connectivity index (χ4v) is 2.41. The van der Waals surface area contributed by atoms with Crippen molar-refractivity contribution >= 4 is 11.6 Å². The van der Waals surface area contributed by atoms with Crippen LogP contribution in [0.1, 0.15) is 6.92 Å². The number of aryl methyl sites for hydroxylation is 1. The highest BCUT2D eigenvalue weighted by Crippen LogP contribution is 2.20. The van der Waals surface area contributed by atoms with Gasteiger partial charge in [-0.3, -0.25) is 9.59 Å². The highest BCUT2D eigenvalue weighted by molar-refractivity contribution is 5.94. The molecule has 7 heteroatoms. The Morgan fingerprint density at radius 1 is 1.11 bits per heavy atom. The van der Waals surface area contributed by atoms with Gasteiger partial charge in [0, 0.05) is 24.4 Å². The summed E-state index contributed by atoms with van der Waals surface area (Å²) in [6, 6.07) is 16.0. The summed E-state index contributed by atoms with van der Waals surface area (Å²) in [5.74, 6) is -0.895. The number of benzene rings is 2. The van der Waals surface area contributed by atoms with Crippen molar-refractivity contribution in [2.24, 2.45) is 7.05 Å². The van der Waals surface area contributed by atoms with Crippen LogP contribution >= 0.6 is 0 Å². The molecule has 6 nitrogen and oxygen atoms in total. The Labute approximate surface area is 155 Å². The van der Waals surface area contributed by atoms with E-state index in [1.54, 1.807) is 56.4 Å². The number of ether oxygens (including phenoxy) is 1. The minimum atomic E-state index is -0.869. The lowest BCUT2D eigenvalue weighted by molar-refractivity contribution is -0.122. The third-order valence-corrected chi connectivity index (χ3v) is 3.92. The van der Waals surface area contributed by atoms with Crippen LogP contribution in [0.3, 0.4) is 0 Å². The normalized spacial score (nSPS) is 11.7. The predicted octanol–water partition coefficient (Wildman–Crippen LogP) is 2.99. The van der Waals surface area contributed by atoms with Crippen LogP contribution in [0.2, 0.25) is 0 Å². The van der Waals surface area contributed by atoms with Crippen LogP contribution in [0.25, 0.3) is 11.3 Å². The number of amides is 1. The molecule has 0 bridgehead atoms. The van der Waals surface area contributed by atoms with Crippen molar-refractivity contribution in [1.82, 2.24) is 9.78 Å². The van der Waals surface area contributed by atoms with Gasteiger partial charge in [-0.2, -0.15) is 5.10 Å². The number of aromatic nitrogens is 2. The van der Waals surface area contributed by atoms with E-state index in [-0.39, 0.29) is 11.3 Å². The molecule has 3 aromatic rings. The van der Waals surface area contributed by atoms with E-state index in [9.17, 15) is 14.0 Å². The maximum Gasteiger partial charge on any atom is 0.266 e. The first kappa shape index (κ1) is 18.3. The first-order chi connectivity index (χ1) is 12.9. The van der Waals surface area contributed by atoms with Crippen LogP contribution < -0.4 is 15.6 Å². The molecule has 0 saturated carbocycles. The third kappa shape index (κ3) is 4.38. The molecule has 0 saturated heterocycles. The number of anilines is 1. The van der Waals surface area contributed by atoms with Crippen LogP contribution in [0.5, 0.6) is 5.75 Å². The molecule has 1 unspecified atom stereocenters. The first-order valence-corrected chi connectivity index (χ1v) is 8.31. The molecular formula is C20H18FN3O3. The molecule has 0 aliphatic carbocycles. The lowest BCUT2D eigenvalue weighted by Crippen LogP contribution is -2.30. The van der Waals surface area contributed by atoms with Crippen LogP contribution in [-0.4, -0.2) is 21.8 Å². The van der Waals surface area contributed by atoms with E-state index in [1.807, 2.05) is 0 Å². The number of hydrogen-bond donors (Lipinski definition) is 1. The zero-order chi connectivity index (χ0) is 19.4. The van der Waals surface area contributed by atoms with Crippen molar-refractivity contribution in [3.63, 3.8) is 0 Å². The van der Waals surface area contributed by atoms with Crippen LogP contribution in [0.4, 0.5) is 10.1 Å². The Hall–Kier alpha value is -3.48. The highest BCUT2D eigenvalue weighted by Gasteiger charge is 2.16. The summed E-state index contributed by atoms with van der Waals surface area (Å²) in [7, 11) is 1.58. The summed E-state index contributed by atoms with van der Waals surface area (Å²) in [6.07, 6.45) is -0.869. The van der Waals surface area contributed by atoms with Crippen molar-refractivity contribution < 1.29 is 13.9 Å². The van der Waals surface area contributed by atoms with E-state index in [0.29, 0.717) is 11.4 Å². The van der Waals surface area contributed by atoms with Crippen molar-refractivity contribution in [2.75, 3.05) is 5.32 Å². The molecule has 1 heterocycles. The van der Waals surface area contributed by atoms with Gasteiger partial charge in [0.25, 0.3) is 11.5 Å². The molecule has 3 rings (SSSR count). The van der Waals surface area contributed by atoms with Gasteiger partial charge in [0.1, 0.15) is 0 Å². The van der Waals surface area contributed by atoms with E-state index in [2.05, 4.69) is 10.4 Å². The number of para-hydroxylation sites is 1. The van der Waals surface area contributed by atoms with Gasteiger partial charge in [-0.1, -0.05) is 24.3 Å². The van der Waals surface area contributed by atoms with Crippen molar-refractivity contribution in [1.29, 1.82) is 0 Å². The molecule has 138 valence electrons. The molecular weight excluding hydrogens is 349 g/mol. The maximum absolute atomic E-state index is 13.6. The minimum absolute atomic E-state index is 0.0243. The Morgan fingerprint density at radius 3 is 2.48 bits per heavy atom. The molecule has 0 aliphatic rings. The van der Waals surface area contributed by atoms with Crippen LogP contribution in [-0.2, 0) is 11.8 Å². The number of rotatable bonds is 5. The number of hydrogen-bond acceptors (Lipinski definition) is 4. The second kappa shape index (κ2) is 7.82. The second-order valence-electron chi connectivity index (χ2n) is 5.94. The summed E-state index contributed by atoms with van der Waals surface area (Å²) >= 11 is 0. The molecule has 27 heavy (non-hydrogen) atoms. The second-order valence-corrected chi connectivity index (χ2v) is 5.94. The van der Waals surface area contributed by atoms with E-state index < -0.39 is 17.8 Å². The number of nitrogens with zero attached hydrogens (tertiary/aromatic N) is 2. The van der Waals surface area contributed by atoms with Gasteiger partial charge in [-0.15, -0.1) is 0 Å². The topological polar surface area (TPSA) is 73.2 Å². The summed E-state index contributed by atoms with van der Waals surface area (Å²) in [6.45, 7) is 1.55. The Bertz CT molecular complexity index is 1020. The van der Waals surface area contributed by atoms with Gasteiger partial charge in [-0.25, -0.2) is 9.07 Å². The number of halogens is 1. The Morgan fingerprint density at radius 2 is 1.81 bits per heavy atom. The van der Waals surface area contributed by atoms with Gasteiger partial charge in [0.05, 0.1) is 5.69 Å². The predicted molar refractivity (Wildman–Crippen MR) is 100 cm³/mol. The molecule has 1 amide bonds. The standard InChI is InChI=1S/C20H18FN3O3/c1-13(27-18-6-4-3-5-16(18)21)20(26)22-15-9-7-14(8-10-15)17-11-12-19(25)24(2)23-17/h3-13H,1-2H3,(H,22,26). The highest BCUT2D eigenvalue weighted by atomic mass is 19.1. The van der Waals surface area contributed by atoms with Gasteiger partial charge in [0.15, 0.2) is 17.7 Å². The summed E-state index contributed by atoms with van der Waals surface area (Å²) in [5.41, 5.74) is 1.83. The fourth-order valence-electron chi connectivity index (χ4n) is 2.41. The number of carbonyl (C=O) groups is 1. The molecule has 1 atom stereocenters. The third-order valence-electron chi connectivity index (χ3n) is 3.92. The average Bonchev–Trinajstić information content (AvgIpc) is 2.66. The van der Waals surface area contributed by atoms with Crippen LogP contribution in [0.15, 0.2) is 65.5 Å². The molecule has 1 N–H and O–H groups in total. The SMILES string of the molecule is CC(Oc1ccccc1F)C(=O)Nc1ccc(-c2ccc(=O)n(C)n2)cc1. The zero-order valence-corrected chi connectivity index (χ0v) is 14.8. The first-order valence-electron chi connectivity index (χ1n) is 8.31. The van der Waals surface area contributed by atoms with Crippen molar-refractivity contribution in [2.45, 2.75) is 13.0 Å². The smallest absolute Gasteiger partial charge is 0.266 e. The van der Waals surface area contributed by atoms with Gasteiger partial charge < -0.3 is 10.1 Å². The lowest BCUT2D eigenvalue weighted by Gasteiger charge is -2.15. The van der Waals surface area contributed by atoms with Crippen molar-refractivity contribution in [3.8, 4) is 17.0 Å². The monoisotopic (exact) mass is 367 g/mol. The van der Waals surface area contributed by atoms with E-state index in [1.165, 1.54) is 22.9 Å². The summed E-state index contributed by atoms with van der Waals surface area (Å²) < 4.78 is 20.2. The lowest BCUT2D eigenvalue weighted by atomic mass is 10.1. The molecule has 0 spiro atoms. The fraction of sp³-hybridized carbons (Fsp3) is 0.150. The average molecular weight is 367 g/mol.